The van der Waals surface area contributed by atoms with Crippen LogP contribution in [0.25, 0.3) is 0 Å². The normalized spacial score (nSPS) is 21.8. The van der Waals surface area contributed by atoms with Gasteiger partial charge in [-0.1, -0.05) is 0 Å². The largest absolute Gasteiger partial charge is 0.444 e. The Kier molecular flexibility index (Phi) is 7.55. The first-order chi connectivity index (χ1) is 11.4. The number of rotatable bonds is 6. The van der Waals surface area contributed by atoms with E-state index >= 15 is 0 Å². The first kappa shape index (κ1) is 22.0. The van der Waals surface area contributed by atoms with Crippen molar-refractivity contribution in [2.45, 2.75) is 70.3 Å². The maximum absolute atomic E-state index is 13.6. The second kappa shape index (κ2) is 8.58. The van der Waals surface area contributed by atoms with Crippen LogP contribution in [-0.2, 0) is 9.47 Å². The number of amides is 1. The van der Waals surface area contributed by atoms with Crippen LogP contribution in [0, 0.1) is 5.92 Å². The second-order valence-corrected chi connectivity index (χ2v) is 7.64. The van der Waals surface area contributed by atoms with Crippen molar-refractivity contribution in [3.8, 4) is 0 Å². The number of unbranched alkanes of at least 4 members (excludes halogenated alkanes) is 1. The fraction of sp³-hybridized carbons (Fsp3) is 0.941. The highest BCUT2D eigenvalue weighted by Gasteiger charge is 2.58. The number of halogens is 3. The molecule has 0 aromatic rings. The molecule has 1 aliphatic rings. The van der Waals surface area contributed by atoms with Crippen molar-refractivity contribution in [1.29, 1.82) is 0 Å². The van der Waals surface area contributed by atoms with Crippen LogP contribution in [0.15, 0.2) is 0 Å². The molecule has 2 unspecified atom stereocenters. The van der Waals surface area contributed by atoms with Gasteiger partial charge in [0.1, 0.15) is 5.60 Å². The van der Waals surface area contributed by atoms with Crippen LogP contribution in [-0.4, -0.2) is 60.3 Å². The van der Waals surface area contributed by atoms with E-state index in [-0.39, 0.29) is 19.4 Å². The lowest BCUT2D eigenvalue weighted by Gasteiger charge is -2.43. The van der Waals surface area contributed by atoms with E-state index in [1.807, 2.05) is 0 Å². The number of carbonyl (C=O) groups is 1. The molecule has 1 amide bonds. The standard InChI is InChI=1S/C17H30F3NO4/c1-15(2,3)25-14(22)21-10-7-8-13(12-21)16(23,17(18,19)20)9-5-6-11-24-4/h13,23H,5-12H2,1-4H3. The van der Waals surface area contributed by atoms with Gasteiger partial charge in [-0.15, -0.1) is 0 Å². The highest BCUT2D eigenvalue weighted by atomic mass is 19.4. The SMILES string of the molecule is COCCCCC(O)(C1CCCN(C(=O)OC(C)(C)C)C1)C(F)(F)F. The smallest absolute Gasteiger partial charge is 0.417 e. The number of likely N-dealkylation sites (tertiary alicyclic amines) is 1. The predicted molar refractivity (Wildman–Crippen MR) is 87.3 cm³/mol. The zero-order valence-electron chi connectivity index (χ0n) is 15.5. The first-order valence-electron chi connectivity index (χ1n) is 8.66. The average Bonchev–Trinajstić information content (AvgIpc) is 2.48. The topological polar surface area (TPSA) is 59.0 Å². The summed E-state index contributed by atoms with van der Waals surface area (Å²) in [5, 5.41) is 10.5. The number of hydrogen-bond donors (Lipinski definition) is 1. The van der Waals surface area contributed by atoms with Gasteiger partial charge >= 0.3 is 12.3 Å². The van der Waals surface area contributed by atoms with Gasteiger partial charge in [-0.25, -0.2) is 4.79 Å². The molecule has 0 bridgehead atoms. The quantitative estimate of drug-likeness (QED) is 0.725. The molecule has 0 aromatic carbocycles. The maximum atomic E-state index is 13.6. The van der Waals surface area contributed by atoms with Crippen LogP contribution < -0.4 is 0 Å². The summed E-state index contributed by atoms with van der Waals surface area (Å²) in [5.74, 6) is -1.06. The summed E-state index contributed by atoms with van der Waals surface area (Å²) in [7, 11) is 1.48. The van der Waals surface area contributed by atoms with E-state index in [0.29, 0.717) is 26.0 Å². The Bertz CT molecular complexity index is 437. The molecule has 1 rings (SSSR count). The monoisotopic (exact) mass is 369 g/mol. The van der Waals surface area contributed by atoms with Crippen molar-refractivity contribution in [3.63, 3.8) is 0 Å². The maximum Gasteiger partial charge on any atom is 0.417 e. The highest BCUT2D eigenvalue weighted by molar-refractivity contribution is 5.68. The van der Waals surface area contributed by atoms with Gasteiger partial charge in [0.2, 0.25) is 0 Å². The van der Waals surface area contributed by atoms with Gasteiger partial charge in [0.25, 0.3) is 0 Å². The van der Waals surface area contributed by atoms with Gasteiger partial charge < -0.3 is 19.5 Å². The van der Waals surface area contributed by atoms with Crippen LogP contribution in [0.5, 0.6) is 0 Å². The number of alkyl halides is 3. The number of ether oxygens (including phenoxy) is 2. The lowest BCUT2D eigenvalue weighted by molar-refractivity contribution is -0.286. The van der Waals surface area contributed by atoms with Gasteiger partial charge in [0.15, 0.2) is 5.60 Å². The molecule has 148 valence electrons. The molecule has 1 aliphatic heterocycles. The summed E-state index contributed by atoms with van der Waals surface area (Å²) < 4.78 is 50.8. The molecule has 1 fully saturated rings. The van der Waals surface area contributed by atoms with E-state index in [9.17, 15) is 23.1 Å². The van der Waals surface area contributed by atoms with Gasteiger partial charge in [0, 0.05) is 32.7 Å². The molecule has 5 nitrogen and oxygen atoms in total. The van der Waals surface area contributed by atoms with Crippen molar-refractivity contribution in [2.75, 3.05) is 26.8 Å². The van der Waals surface area contributed by atoms with Crippen molar-refractivity contribution in [2.24, 2.45) is 5.92 Å². The first-order valence-corrected chi connectivity index (χ1v) is 8.66. The average molecular weight is 369 g/mol. The number of piperidine rings is 1. The number of nitrogens with zero attached hydrogens (tertiary/aromatic N) is 1. The van der Waals surface area contributed by atoms with E-state index in [0.717, 1.165) is 0 Å². The lowest BCUT2D eigenvalue weighted by Crippen LogP contribution is -2.57. The van der Waals surface area contributed by atoms with E-state index in [1.54, 1.807) is 20.8 Å². The minimum Gasteiger partial charge on any atom is -0.444 e. The summed E-state index contributed by atoms with van der Waals surface area (Å²) in [5.41, 5.74) is -3.52. The van der Waals surface area contributed by atoms with E-state index < -0.39 is 35.8 Å². The number of aliphatic hydroxyl groups is 1. The molecule has 25 heavy (non-hydrogen) atoms. The van der Waals surface area contributed by atoms with Crippen LogP contribution in [0.4, 0.5) is 18.0 Å². The Morgan fingerprint density at radius 2 is 1.88 bits per heavy atom. The summed E-state index contributed by atoms with van der Waals surface area (Å²) in [6.45, 7) is 5.64. The van der Waals surface area contributed by atoms with Crippen molar-refractivity contribution in [3.05, 3.63) is 0 Å². The molecule has 1 heterocycles. The van der Waals surface area contributed by atoms with Crippen molar-refractivity contribution < 1.29 is 32.5 Å². The van der Waals surface area contributed by atoms with Crippen LogP contribution in [0.3, 0.4) is 0 Å². The summed E-state index contributed by atoms with van der Waals surface area (Å²) in [6.07, 6.45) is -4.51. The van der Waals surface area contributed by atoms with Crippen molar-refractivity contribution >= 4 is 6.09 Å². The third-order valence-electron chi connectivity index (χ3n) is 4.40. The molecule has 0 spiro atoms. The summed E-state index contributed by atoms with van der Waals surface area (Å²) in [4.78, 5) is 13.4. The molecular formula is C17H30F3NO4. The molecule has 8 heteroatoms. The van der Waals surface area contributed by atoms with Gasteiger partial charge in [-0.3, -0.25) is 0 Å². The lowest BCUT2D eigenvalue weighted by atomic mass is 9.78. The third kappa shape index (κ3) is 6.33. The molecule has 1 N–H and O–H groups in total. The molecule has 0 aromatic heterocycles. The molecule has 2 atom stereocenters. The highest BCUT2D eigenvalue weighted by Crippen LogP contribution is 2.43. The van der Waals surface area contributed by atoms with Crippen LogP contribution in [0.1, 0.15) is 52.9 Å². The van der Waals surface area contributed by atoms with Crippen molar-refractivity contribution in [1.82, 2.24) is 4.90 Å². The van der Waals surface area contributed by atoms with E-state index in [4.69, 9.17) is 9.47 Å². The van der Waals surface area contributed by atoms with Crippen LogP contribution in [0.2, 0.25) is 0 Å². The van der Waals surface area contributed by atoms with Gasteiger partial charge in [-0.05, 0) is 52.9 Å². The Labute approximate surface area is 147 Å². The molecule has 0 aliphatic carbocycles. The van der Waals surface area contributed by atoms with E-state index in [1.165, 1.54) is 12.0 Å². The van der Waals surface area contributed by atoms with Gasteiger partial charge in [0.05, 0.1) is 0 Å². The molecule has 0 saturated carbocycles. The third-order valence-corrected chi connectivity index (χ3v) is 4.40. The Morgan fingerprint density at radius 1 is 1.24 bits per heavy atom. The minimum atomic E-state index is -4.75. The predicted octanol–water partition coefficient (Wildman–Crippen LogP) is 3.74. The number of hydrogen-bond acceptors (Lipinski definition) is 4. The summed E-state index contributed by atoms with van der Waals surface area (Å²) in [6, 6.07) is 0. The van der Waals surface area contributed by atoms with E-state index in [2.05, 4.69) is 0 Å². The fourth-order valence-corrected chi connectivity index (χ4v) is 3.08. The second-order valence-electron chi connectivity index (χ2n) is 7.64. The Morgan fingerprint density at radius 3 is 2.40 bits per heavy atom. The molecular weight excluding hydrogens is 339 g/mol. The summed E-state index contributed by atoms with van der Waals surface area (Å²) >= 11 is 0. The van der Waals surface area contributed by atoms with Gasteiger partial charge in [-0.2, -0.15) is 13.2 Å². The fourth-order valence-electron chi connectivity index (χ4n) is 3.08. The Balaban J connectivity index is 2.82. The Hall–Kier alpha value is -1.02. The molecule has 1 saturated heterocycles. The zero-order chi connectivity index (χ0) is 19.3. The molecule has 0 radical (unpaired) electrons. The van der Waals surface area contributed by atoms with Crippen LogP contribution >= 0.6 is 0 Å². The number of carbonyl (C=O) groups excluding carboxylic acids is 1. The number of methoxy groups -OCH3 is 1. The minimum absolute atomic E-state index is 0.158. The zero-order valence-corrected chi connectivity index (χ0v) is 15.5.